The molecule has 0 aliphatic heterocycles. The monoisotopic (exact) mass is 394 g/mol. The lowest BCUT2D eigenvalue weighted by Crippen LogP contribution is -2.12. The predicted octanol–water partition coefficient (Wildman–Crippen LogP) is 3.80. The molecule has 3 aromatic rings. The van der Waals surface area contributed by atoms with Crippen molar-refractivity contribution in [1.82, 2.24) is 4.98 Å². The fourth-order valence-electron chi connectivity index (χ4n) is 2.97. The van der Waals surface area contributed by atoms with Crippen molar-refractivity contribution in [3.8, 4) is 11.8 Å². The molecule has 2 aromatic carbocycles. The van der Waals surface area contributed by atoms with Crippen LogP contribution >= 0.6 is 11.6 Å². The van der Waals surface area contributed by atoms with E-state index in [2.05, 4.69) is 16.4 Å². The van der Waals surface area contributed by atoms with Crippen LogP contribution in [0.3, 0.4) is 0 Å². The first-order valence-corrected chi connectivity index (χ1v) is 9.06. The van der Waals surface area contributed by atoms with Gasteiger partial charge in [0.1, 0.15) is 5.75 Å². The second-order valence-corrected chi connectivity index (χ2v) is 6.70. The fourth-order valence-corrected chi connectivity index (χ4v) is 3.25. The predicted molar refractivity (Wildman–Crippen MR) is 109 cm³/mol. The SMILES string of the molecule is COc1ccc(CNc2c(CCC(N)=O)cnc3ccc(C#N)cc23)cc1Cl. The number of halogens is 1. The largest absolute Gasteiger partial charge is 0.495 e. The molecule has 3 N–H and O–H groups in total. The first-order valence-electron chi connectivity index (χ1n) is 8.68. The number of aryl methyl sites for hydroxylation is 1. The Hall–Kier alpha value is -3.30. The van der Waals surface area contributed by atoms with Gasteiger partial charge in [-0.05, 0) is 47.9 Å². The van der Waals surface area contributed by atoms with Gasteiger partial charge in [0.15, 0.2) is 0 Å². The number of benzene rings is 2. The summed E-state index contributed by atoms with van der Waals surface area (Å²) >= 11 is 6.21. The van der Waals surface area contributed by atoms with Crippen LogP contribution < -0.4 is 15.8 Å². The van der Waals surface area contributed by atoms with Gasteiger partial charge < -0.3 is 15.8 Å². The highest BCUT2D eigenvalue weighted by molar-refractivity contribution is 6.32. The standard InChI is InChI=1S/C21H19ClN4O2/c1-28-19-6-3-14(9-17(19)22)11-26-21-15(4-7-20(24)27)12-25-18-5-2-13(10-23)8-16(18)21/h2-3,5-6,8-9,12H,4,7,11H2,1H3,(H2,24,27)(H,25,26). The molecule has 0 unspecified atom stereocenters. The molecule has 142 valence electrons. The molecule has 0 radical (unpaired) electrons. The molecule has 0 atom stereocenters. The molecule has 1 aromatic heterocycles. The van der Waals surface area contributed by atoms with Gasteiger partial charge in [-0.1, -0.05) is 17.7 Å². The third kappa shape index (κ3) is 4.33. The lowest BCUT2D eigenvalue weighted by atomic mass is 10.0. The lowest BCUT2D eigenvalue weighted by Gasteiger charge is -2.15. The van der Waals surface area contributed by atoms with Crippen LogP contribution in [0.15, 0.2) is 42.6 Å². The number of aromatic nitrogens is 1. The Morgan fingerprint density at radius 3 is 2.82 bits per heavy atom. The zero-order chi connectivity index (χ0) is 20.1. The van der Waals surface area contributed by atoms with Crippen molar-refractivity contribution in [2.24, 2.45) is 5.73 Å². The van der Waals surface area contributed by atoms with E-state index in [4.69, 9.17) is 22.1 Å². The first-order chi connectivity index (χ1) is 13.5. The van der Waals surface area contributed by atoms with Gasteiger partial charge in [-0.25, -0.2) is 0 Å². The van der Waals surface area contributed by atoms with Gasteiger partial charge in [0.25, 0.3) is 0 Å². The van der Waals surface area contributed by atoms with E-state index in [-0.39, 0.29) is 12.3 Å². The van der Waals surface area contributed by atoms with Gasteiger partial charge in [-0.3, -0.25) is 9.78 Å². The number of primary amides is 1. The normalized spacial score (nSPS) is 10.5. The number of nitrogens with zero attached hydrogens (tertiary/aromatic N) is 2. The van der Waals surface area contributed by atoms with Crippen molar-refractivity contribution in [2.45, 2.75) is 19.4 Å². The maximum atomic E-state index is 11.2. The Bertz CT molecular complexity index is 1080. The highest BCUT2D eigenvalue weighted by Gasteiger charge is 2.12. The minimum absolute atomic E-state index is 0.216. The van der Waals surface area contributed by atoms with Crippen LogP contribution in [0, 0.1) is 11.3 Å². The van der Waals surface area contributed by atoms with Crippen LogP contribution in [0.5, 0.6) is 5.75 Å². The number of hydrogen-bond acceptors (Lipinski definition) is 5. The molecule has 28 heavy (non-hydrogen) atoms. The second kappa shape index (κ2) is 8.59. The fraction of sp³-hybridized carbons (Fsp3) is 0.190. The van der Waals surface area contributed by atoms with Crippen molar-refractivity contribution in [2.75, 3.05) is 12.4 Å². The summed E-state index contributed by atoms with van der Waals surface area (Å²) in [5, 5.41) is 14.0. The molecule has 1 heterocycles. The van der Waals surface area contributed by atoms with Crippen molar-refractivity contribution in [1.29, 1.82) is 5.26 Å². The highest BCUT2D eigenvalue weighted by atomic mass is 35.5. The molecule has 6 nitrogen and oxygen atoms in total. The van der Waals surface area contributed by atoms with E-state index < -0.39 is 0 Å². The van der Waals surface area contributed by atoms with Gasteiger partial charge in [-0.2, -0.15) is 5.26 Å². The summed E-state index contributed by atoms with van der Waals surface area (Å²) in [5.74, 6) is 0.236. The number of nitriles is 1. The van der Waals surface area contributed by atoms with Crippen molar-refractivity contribution >= 4 is 34.1 Å². The maximum absolute atomic E-state index is 11.2. The summed E-state index contributed by atoms with van der Waals surface area (Å²) in [5.41, 5.74) is 9.27. The van der Waals surface area contributed by atoms with Gasteiger partial charge >= 0.3 is 0 Å². The number of anilines is 1. The maximum Gasteiger partial charge on any atom is 0.217 e. The summed E-state index contributed by atoms with van der Waals surface area (Å²) in [6.07, 6.45) is 2.41. The summed E-state index contributed by atoms with van der Waals surface area (Å²) in [6.45, 7) is 0.503. The number of rotatable bonds is 7. The second-order valence-electron chi connectivity index (χ2n) is 6.29. The van der Waals surface area contributed by atoms with Crippen LogP contribution in [0.2, 0.25) is 5.02 Å². The van der Waals surface area contributed by atoms with Crippen LogP contribution in [0.4, 0.5) is 5.69 Å². The number of carbonyl (C=O) groups is 1. The van der Waals surface area contributed by atoms with E-state index >= 15 is 0 Å². The molecule has 0 spiro atoms. The molecule has 0 fully saturated rings. The number of hydrogen-bond donors (Lipinski definition) is 2. The zero-order valence-electron chi connectivity index (χ0n) is 15.3. The third-order valence-corrected chi connectivity index (χ3v) is 4.70. The summed E-state index contributed by atoms with van der Waals surface area (Å²) in [4.78, 5) is 15.7. The number of fused-ring (bicyclic) bond motifs is 1. The average Bonchev–Trinajstić information content (AvgIpc) is 2.70. The third-order valence-electron chi connectivity index (χ3n) is 4.40. The van der Waals surface area contributed by atoms with E-state index in [0.717, 1.165) is 27.7 Å². The summed E-state index contributed by atoms with van der Waals surface area (Å²) in [7, 11) is 1.57. The molecule has 3 rings (SSSR count). The molecule has 0 saturated heterocycles. The molecule has 0 saturated carbocycles. The number of amides is 1. The Kier molecular flexibility index (Phi) is 5.97. The molecule has 0 aliphatic carbocycles. The molecular weight excluding hydrogens is 376 g/mol. The highest BCUT2D eigenvalue weighted by Crippen LogP contribution is 2.30. The van der Waals surface area contributed by atoms with E-state index in [1.807, 2.05) is 18.2 Å². The minimum Gasteiger partial charge on any atom is -0.495 e. The minimum atomic E-state index is -0.376. The number of ether oxygens (including phenoxy) is 1. The Labute approximate surface area is 167 Å². The molecular formula is C21H19ClN4O2. The quantitative estimate of drug-likeness (QED) is 0.634. The van der Waals surface area contributed by atoms with Crippen LogP contribution in [0.25, 0.3) is 10.9 Å². The number of carbonyl (C=O) groups excluding carboxylic acids is 1. The Morgan fingerprint density at radius 1 is 1.32 bits per heavy atom. The number of nitrogens with two attached hydrogens (primary N) is 1. The average molecular weight is 395 g/mol. The van der Waals surface area contributed by atoms with Crippen molar-refractivity contribution in [3.63, 3.8) is 0 Å². The molecule has 0 bridgehead atoms. The van der Waals surface area contributed by atoms with Crippen molar-refractivity contribution < 1.29 is 9.53 Å². The molecule has 7 heteroatoms. The van der Waals surface area contributed by atoms with E-state index in [1.54, 1.807) is 31.5 Å². The molecule has 0 aliphatic rings. The number of pyridine rings is 1. The zero-order valence-corrected chi connectivity index (χ0v) is 16.1. The van der Waals surface area contributed by atoms with Gasteiger partial charge in [0.05, 0.1) is 29.3 Å². The van der Waals surface area contributed by atoms with Crippen molar-refractivity contribution in [3.05, 3.63) is 64.3 Å². The molecule has 1 amide bonds. The van der Waals surface area contributed by atoms with E-state index in [0.29, 0.717) is 29.3 Å². The lowest BCUT2D eigenvalue weighted by molar-refractivity contribution is -0.117. The van der Waals surface area contributed by atoms with Gasteiger partial charge in [-0.15, -0.1) is 0 Å². The Morgan fingerprint density at radius 2 is 2.14 bits per heavy atom. The van der Waals surface area contributed by atoms with Gasteiger partial charge in [0.2, 0.25) is 5.91 Å². The van der Waals surface area contributed by atoms with Crippen LogP contribution in [-0.4, -0.2) is 18.0 Å². The Balaban J connectivity index is 1.97. The van der Waals surface area contributed by atoms with Crippen LogP contribution in [0.1, 0.15) is 23.1 Å². The van der Waals surface area contributed by atoms with E-state index in [9.17, 15) is 10.1 Å². The number of methoxy groups -OCH3 is 1. The first kappa shape index (κ1) is 19.5. The number of nitrogens with one attached hydrogen (secondary N) is 1. The topological polar surface area (TPSA) is 101 Å². The summed E-state index contributed by atoms with van der Waals surface area (Å²) < 4.78 is 5.18. The smallest absolute Gasteiger partial charge is 0.217 e. The van der Waals surface area contributed by atoms with Gasteiger partial charge in [0, 0.05) is 30.2 Å². The van der Waals surface area contributed by atoms with E-state index in [1.165, 1.54) is 0 Å². The van der Waals surface area contributed by atoms with Crippen LogP contribution in [-0.2, 0) is 17.8 Å². The summed E-state index contributed by atoms with van der Waals surface area (Å²) in [6, 6.07) is 13.0.